The summed E-state index contributed by atoms with van der Waals surface area (Å²) in [4.78, 5) is 4.77. The fraction of sp³-hybridized carbons (Fsp3) is 0.857. The van der Waals surface area contributed by atoms with E-state index in [1.807, 2.05) is 24.9 Å². The molecule has 0 saturated heterocycles. The quantitative estimate of drug-likeness (QED) is 0.338. The Morgan fingerprint density at radius 3 is 2.90 bits per heavy atom. The molecule has 0 rings (SSSR count). The lowest BCUT2D eigenvalue weighted by molar-refractivity contribution is 0.160. The van der Waals surface area contributed by atoms with Gasteiger partial charge in [0.05, 0.1) is 0 Å². The van der Waals surface area contributed by atoms with Gasteiger partial charge in [0.1, 0.15) is 6.61 Å². The third-order valence-corrected chi connectivity index (χ3v) is 1.81. The van der Waals surface area contributed by atoms with E-state index >= 15 is 0 Å². The molecule has 0 atom stereocenters. The van der Waals surface area contributed by atoms with Crippen LogP contribution in [0, 0.1) is 0 Å². The highest BCUT2D eigenvalue weighted by Gasteiger charge is 1.81. The third-order valence-electron chi connectivity index (χ3n) is 0.874. The van der Waals surface area contributed by atoms with Gasteiger partial charge in [0.15, 0.2) is 0 Å². The van der Waals surface area contributed by atoms with Crippen molar-refractivity contribution in [3.8, 4) is 0 Å². The van der Waals surface area contributed by atoms with E-state index in [1.165, 1.54) is 5.75 Å². The van der Waals surface area contributed by atoms with Crippen LogP contribution in [0.5, 0.6) is 0 Å². The van der Waals surface area contributed by atoms with E-state index in [1.54, 1.807) is 0 Å². The van der Waals surface area contributed by atoms with Crippen LogP contribution in [0.15, 0.2) is 5.16 Å². The molecule has 0 bridgehead atoms. The molecule has 0 saturated carbocycles. The van der Waals surface area contributed by atoms with Crippen LogP contribution in [-0.2, 0) is 4.84 Å². The number of nitrogens with zero attached hydrogens (tertiary/aromatic N) is 1. The summed E-state index contributed by atoms with van der Waals surface area (Å²) in [6.07, 6.45) is 2.84. The minimum absolute atomic E-state index is 0.664. The van der Waals surface area contributed by atoms with Crippen molar-refractivity contribution in [1.82, 2.24) is 0 Å². The van der Waals surface area contributed by atoms with Gasteiger partial charge >= 0.3 is 0 Å². The number of hydrogen-bond acceptors (Lipinski definition) is 3. The molecular weight excluding hydrogens is 146 g/mol. The fourth-order valence-corrected chi connectivity index (χ4v) is 1.02. The average molecular weight is 161 g/mol. The van der Waals surface area contributed by atoms with Gasteiger partial charge in [-0.1, -0.05) is 12.1 Å². The Hall–Kier alpha value is -0.180. The predicted molar refractivity (Wildman–Crippen MR) is 47.7 cm³/mol. The van der Waals surface area contributed by atoms with Crippen molar-refractivity contribution in [3.05, 3.63) is 0 Å². The molecule has 0 aromatic carbocycles. The molecule has 0 unspecified atom stereocenters. The monoisotopic (exact) mass is 161 g/mol. The van der Waals surface area contributed by atoms with Crippen LogP contribution in [0.25, 0.3) is 0 Å². The summed E-state index contributed by atoms with van der Waals surface area (Å²) in [5.74, 6) is 2.33. The van der Waals surface area contributed by atoms with E-state index in [0.717, 1.165) is 12.2 Å². The highest BCUT2D eigenvalue weighted by Crippen LogP contribution is 1.98. The Bertz CT molecular complexity index is 85.7. The smallest absolute Gasteiger partial charge is 0.114 e. The molecule has 10 heavy (non-hydrogen) atoms. The first-order valence-corrected chi connectivity index (χ1v) is 4.78. The van der Waals surface area contributed by atoms with Gasteiger partial charge in [-0.3, -0.25) is 0 Å². The average Bonchev–Trinajstić information content (AvgIpc) is 1.97. The summed E-state index contributed by atoms with van der Waals surface area (Å²) in [5, 5.41) is 3.72. The van der Waals surface area contributed by atoms with Gasteiger partial charge < -0.3 is 4.84 Å². The Morgan fingerprint density at radius 2 is 2.30 bits per heavy atom. The first kappa shape index (κ1) is 9.82. The van der Waals surface area contributed by atoms with Gasteiger partial charge in [0.25, 0.3) is 0 Å². The maximum Gasteiger partial charge on any atom is 0.114 e. The van der Waals surface area contributed by atoms with Crippen molar-refractivity contribution in [2.45, 2.75) is 20.3 Å². The normalized spacial score (nSPS) is 10.6. The van der Waals surface area contributed by atoms with Crippen molar-refractivity contribution < 1.29 is 4.84 Å². The number of thioether (sulfide) groups is 1. The maximum absolute atomic E-state index is 4.77. The van der Waals surface area contributed by atoms with Crippen LogP contribution in [0.3, 0.4) is 0 Å². The van der Waals surface area contributed by atoms with Gasteiger partial charge in [-0.15, -0.1) is 0 Å². The summed E-state index contributed by atoms with van der Waals surface area (Å²) >= 11 is 1.92. The first-order chi connectivity index (χ1) is 4.91. The fourth-order valence-electron chi connectivity index (χ4n) is 0.460. The zero-order chi connectivity index (χ0) is 7.66. The summed E-state index contributed by atoms with van der Waals surface area (Å²) in [6.45, 7) is 4.75. The second kappa shape index (κ2) is 8.82. The number of rotatable bonds is 6. The number of oxime groups is 1. The van der Waals surface area contributed by atoms with Crippen molar-refractivity contribution in [2.24, 2.45) is 5.16 Å². The van der Waals surface area contributed by atoms with E-state index < -0.39 is 0 Å². The van der Waals surface area contributed by atoms with Crippen molar-refractivity contribution >= 4 is 18.0 Å². The van der Waals surface area contributed by atoms with Gasteiger partial charge in [0, 0.05) is 6.21 Å². The lowest BCUT2D eigenvalue weighted by Gasteiger charge is -1.92. The molecule has 0 spiro atoms. The van der Waals surface area contributed by atoms with Gasteiger partial charge in [-0.25, -0.2) is 0 Å². The molecule has 0 aromatic rings. The lowest BCUT2D eigenvalue weighted by Crippen LogP contribution is -1.84. The van der Waals surface area contributed by atoms with E-state index in [0.29, 0.717) is 6.61 Å². The third kappa shape index (κ3) is 7.82. The Labute approximate surface area is 67.0 Å². The molecule has 0 aliphatic heterocycles. The standard InChI is InChI=1S/C7H15NOS/c1-3-9-8-6-5-7-10-4-2/h6H,3-5,7H2,1-2H3/b8-6+. The van der Waals surface area contributed by atoms with Crippen LogP contribution < -0.4 is 0 Å². The van der Waals surface area contributed by atoms with Crippen LogP contribution in [0.1, 0.15) is 20.3 Å². The maximum atomic E-state index is 4.77. The van der Waals surface area contributed by atoms with E-state index in [4.69, 9.17) is 4.84 Å². The summed E-state index contributed by atoms with van der Waals surface area (Å²) < 4.78 is 0. The van der Waals surface area contributed by atoms with Crippen LogP contribution in [0.2, 0.25) is 0 Å². The zero-order valence-electron chi connectivity index (χ0n) is 6.67. The molecule has 2 nitrogen and oxygen atoms in total. The lowest BCUT2D eigenvalue weighted by atomic mass is 10.5. The molecule has 0 aliphatic rings. The van der Waals surface area contributed by atoms with Crippen molar-refractivity contribution in [2.75, 3.05) is 18.1 Å². The topological polar surface area (TPSA) is 21.6 Å². The summed E-state index contributed by atoms with van der Waals surface area (Å²) in [5.41, 5.74) is 0. The summed E-state index contributed by atoms with van der Waals surface area (Å²) in [7, 11) is 0. The molecule has 0 fully saturated rings. The SMILES string of the molecule is CCO/N=C/CCSCC. The number of hydrogen-bond donors (Lipinski definition) is 0. The molecule has 0 aromatic heterocycles. The van der Waals surface area contributed by atoms with Crippen molar-refractivity contribution in [3.63, 3.8) is 0 Å². The molecule has 0 N–H and O–H groups in total. The molecule has 0 radical (unpaired) electrons. The Morgan fingerprint density at radius 1 is 1.50 bits per heavy atom. The molecule has 3 heteroatoms. The second-order valence-corrected chi connectivity index (χ2v) is 3.09. The van der Waals surface area contributed by atoms with Crippen LogP contribution in [-0.4, -0.2) is 24.3 Å². The first-order valence-electron chi connectivity index (χ1n) is 3.63. The minimum atomic E-state index is 0.664. The zero-order valence-corrected chi connectivity index (χ0v) is 7.49. The summed E-state index contributed by atoms with van der Waals surface area (Å²) in [6, 6.07) is 0. The van der Waals surface area contributed by atoms with E-state index in [2.05, 4.69) is 12.1 Å². The van der Waals surface area contributed by atoms with Crippen molar-refractivity contribution in [1.29, 1.82) is 0 Å². The molecule has 60 valence electrons. The minimum Gasteiger partial charge on any atom is -0.396 e. The molecular formula is C7H15NOS. The second-order valence-electron chi connectivity index (χ2n) is 1.69. The Balaban J connectivity index is 2.88. The largest absolute Gasteiger partial charge is 0.396 e. The Kier molecular flexibility index (Phi) is 8.66. The highest BCUT2D eigenvalue weighted by atomic mass is 32.2. The molecule has 0 aliphatic carbocycles. The van der Waals surface area contributed by atoms with Crippen LogP contribution in [0.4, 0.5) is 0 Å². The van der Waals surface area contributed by atoms with E-state index in [-0.39, 0.29) is 0 Å². The van der Waals surface area contributed by atoms with Gasteiger partial charge in [0.2, 0.25) is 0 Å². The van der Waals surface area contributed by atoms with E-state index in [9.17, 15) is 0 Å². The molecule has 0 amide bonds. The molecule has 0 heterocycles. The van der Waals surface area contributed by atoms with Gasteiger partial charge in [-0.05, 0) is 24.9 Å². The van der Waals surface area contributed by atoms with Gasteiger partial charge in [-0.2, -0.15) is 11.8 Å². The predicted octanol–water partition coefficient (Wildman–Crippen LogP) is 2.15. The van der Waals surface area contributed by atoms with Crippen LogP contribution >= 0.6 is 11.8 Å². The highest BCUT2D eigenvalue weighted by molar-refractivity contribution is 7.99.